The Balaban J connectivity index is 2.17. The van der Waals surface area contributed by atoms with Gasteiger partial charge < -0.3 is 4.90 Å². The van der Waals surface area contributed by atoms with Crippen molar-refractivity contribution in [2.75, 3.05) is 18.0 Å². The number of nitrogens with zero attached hydrogens (tertiary/aromatic N) is 4. The summed E-state index contributed by atoms with van der Waals surface area (Å²) in [6, 6.07) is 10.7. The van der Waals surface area contributed by atoms with E-state index in [0.29, 0.717) is 11.8 Å². The normalized spacial score (nSPS) is 14.1. The molecule has 0 aliphatic heterocycles. The summed E-state index contributed by atoms with van der Waals surface area (Å²) in [6.45, 7) is 22.6. The van der Waals surface area contributed by atoms with Crippen LogP contribution in [0.2, 0.25) is 0 Å². The summed E-state index contributed by atoms with van der Waals surface area (Å²) in [6.07, 6.45) is 12.4. The van der Waals surface area contributed by atoms with Crippen LogP contribution in [0.3, 0.4) is 0 Å². The molecule has 0 spiro atoms. The second-order valence-electron chi connectivity index (χ2n) is 12.5. The van der Waals surface area contributed by atoms with E-state index in [0.717, 1.165) is 40.2 Å². The number of benzene rings is 1. The third-order valence-corrected chi connectivity index (χ3v) is 9.26. The molecule has 0 radical (unpaired) electrons. The van der Waals surface area contributed by atoms with E-state index in [4.69, 9.17) is 10.1 Å². The van der Waals surface area contributed by atoms with Crippen molar-refractivity contribution in [3.05, 3.63) is 51.5 Å². The van der Waals surface area contributed by atoms with Gasteiger partial charge in [0.05, 0.1) is 21.6 Å². The van der Waals surface area contributed by atoms with Crippen LogP contribution in [0.4, 0.5) is 5.13 Å². The van der Waals surface area contributed by atoms with E-state index in [1.54, 1.807) is 0 Å². The first kappa shape index (κ1) is 32.1. The van der Waals surface area contributed by atoms with Crippen molar-refractivity contribution < 1.29 is 0 Å². The SMILES string of the molecule is C=c1/c(=C\c2sc(N(CC(CC)CCCC)CC(CC)CCCC)nc2-c2ccccc2)c(C(C)(C)C)nn1C. The molecule has 220 valence electrons. The Bertz CT molecular complexity index is 1260. The average Bonchev–Trinajstić information content (AvgIpc) is 3.49. The monoisotopic (exact) mass is 562 g/mol. The van der Waals surface area contributed by atoms with Crippen LogP contribution in [-0.2, 0) is 12.5 Å². The Morgan fingerprint density at radius 1 is 0.950 bits per heavy atom. The largest absolute Gasteiger partial charge is 0.348 e. The zero-order valence-corrected chi connectivity index (χ0v) is 27.4. The summed E-state index contributed by atoms with van der Waals surface area (Å²) in [4.78, 5) is 9.24. The Labute approximate surface area is 248 Å². The van der Waals surface area contributed by atoms with Gasteiger partial charge in [0, 0.05) is 36.3 Å². The van der Waals surface area contributed by atoms with E-state index in [9.17, 15) is 0 Å². The van der Waals surface area contributed by atoms with Crippen LogP contribution in [0.1, 0.15) is 110 Å². The predicted octanol–water partition coefficient (Wildman–Crippen LogP) is 8.32. The van der Waals surface area contributed by atoms with Gasteiger partial charge in [-0.15, -0.1) is 0 Å². The molecule has 0 saturated heterocycles. The summed E-state index contributed by atoms with van der Waals surface area (Å²) in [5.74, 6) is 1.38. The minimum Gasteiger partial charge on any atom is -0.348 e. The van der Waals surface area contributed by atoms with E-state index in [1.165, 1.54) is 61.8 Å². The number of aryl methyl sites for hydroxylation is 1. The molecule has 2 unspecified atom stereocenters. The molecule has 1 aromatic carbocycles. The summed E-state index contributed by atoms with van der Waals surface area (Å²) in [7, 11) is 2.00. The highest BCUT2D eigenvalue weighted by molar-refractivity contribution is 7.16. The third-order valence-electron chi connectivity index (χ3n) is 8.20. The maximum Gasteiger partial charge on any atom is 0.186 e. The highest BCUT2D eigenvalue weighted by atomic mass is 32.1. The second kappa shape index (κ2) is 15.0. The summed E-state index contributed by atoms with van der Waals surface area (Å²) in [5.41, 5.74) is 3.24. The van der Waals surface area contributed by atoms with Gasteiger partial charge in [-0.2, -0.15) is 5.10 Å². The lowest BCUT2D eigenvalue weighted by molar-refractivity contribution is 0.403. The molecule has 0 bridgehead atoms. The van der Waals surface area contributed by atoms with Crippen molar-refractivity contribution in [2.45, 2.75) is 105 Å². The van der Waals surface area contributed by atoms with E-state index >= 15 is 0 Å². The van der Waals surface area contributed by atoms with Crippen LogP contribution in [0.15, 0.2) is 30.3 Å². The zero-order valence-electron chi connectivity index (χ0n) is 26.6. The van der Waals surface area contributed by atoms with Crippen molar-refractivity contribution in [2.24, 2.45) is 18.9 Å². The van der Waals surface area contributed by atoms with E-state index in [1.807, 2.05) is 23.1 Å². The van der Waals surface area contributed by atoms with Gasteiger partial charge >= 0.3 is 0 Å². The lowest BCUT2D eigenvalue weighted by Gasteiger charge is -2.30. The first-order chi connectivity index (χ1) is 19.1. The van der Waals surface area contributed by atoms with Gasteiger partial charge in [-0.25, -0.2) is 4.98 Å². The fourth-order valence-electron chi connectivity index (χ4n) is 5.46. The van der Waals surface area contributed by atoms with Gasteiger partial charge in [-0.3, -0.25) is 4.68 Å². The maximum absolute atomic E-state index is 5.41. The van der Waals surface area contributed by atoms with Crippen LogP contribution >= 0.6 is 11.3 Å². The number of rotatable bonds is 15. The molecule has 2 heterocycles. The molecule has 3 aromatic rings. The molecule has 3 rings (SSSR count). The number of hydrogen-bond acceptors (Lipinski definition) is 4. The Kier molecular flexibility index (Phi) is 12.0. The number of unbranched alkanes of at least 4 members (excludes halogenated alkanes) is 2. The van der Waals surface area contributed by atoms with Gasteiger partial charge in [-0.1, -0.05) is 135 Å². The van der Waals surface area contributed by atoms with Crippen molar-refractivity contribution in [1.29, 1.82) is 0 Å². The van der Waals surface area contributed by atoms with E-state index in [-0.39, 0.29) is 5.41 Å². The van der Waals surface area contributed by atoms with Crippen molar-refractivity contribution in [3.63, 3.8) is 0 Å². The van der Waals surface area contributed by atoms with Crippen LogP contribution in [0.5, 0.6) is 0 Å². The molecule has 5 heteroatoms. The molecule has 2 aromatic heterocycles. The summed E-state index contributed by atoms with van der Waals surface area (Å²) >= 11 is 1.84. The van der Waals surface area contributed by atoms with Gasteiger partial charge in [0.2, 0.25) is 0 Å². The molecule has 0 saturated carbocycles. The molecular formula is C35H54N4S. The molecule has 0 N–H and O–H groups in total. The maximum atomic E-state index is 5.41. The zero-order chi connectivity index (χ0) is 29.3. The lowest BCUT2D eigenvalue weighted by atomic mass is 9.91. The fourth-order valence-corrected chi connectivity index (χ4v) is 6.51. The van der Waals surface area contributed by atoms with Gasteiger partial charge in [0.1, 0.15) is 0 Å². The fraction of sp³-hybridized carbons (Fsp3) is 0.600. The molecule has 0 aliphatic rings. The lowest BCUT2D eigenvalue weighted by Crippen LogP contribution is -2.34. The van der Waals surface area contributed by atoms with Crippen LogP contribution < -0.4 is 15.5 Å². The second-order valence-corrected chi connectivity index (χ2v) is 13.5. The smallest absolute Gasteiger partial charge is 0.186 e. The first-order valence-corrected chi connectivity index (χ1v) is 16.5. The predicted molar refractivity (Wildman–Crippen MR) is 177 cm³/mol. The van der Waals surface area contributed by atoms with Gasteiger partial charge in [-0.05, 0) is 30.8 Å². The standard InChI is InChI=1S/C35H54N4S/c1-10-14-19-27(12-3)24-39(25-28(13-4)20-15-11-2)34-36-32(29-21-17-16-18-22-29)31(40-34)23-30-26(5)38(9)37-33(30)35(6,7)8/h16-18,21-23,27-28H,5,10-15,19-20,24-25H2,1-4,6-9H3/b30-23+. The highest BCUT2D eigenvalue weighted by Crippen LogP contribution is 2.35. The Morgan fingerprint density at radius 3 is 2.02 bits per heavy atom. The molecule has 2 atom stereocenters. The molecule has 0 aliphatic carbocycles. The first-order valence-electron chi connectivity index (χ1n) is 15.7. The van der Waals surface area contributed by atoms with Gasteiger partial charge in [0.25, 0.3) is 0 Å². The number of hydrogen-bond donors (Lipinski definition) is 0. The van der Waals surface area contributed by atoms with Gasteiger partial charge in [0.15, 0.2) is 5.13 Å². The average molecular weight is 563 g/mol. The Morgan fingerprint density at radius 2 is 1.52 bits per heavy atom. The minimum atomic E-state index is -0.0761. The summed E-state index contributed by atoms with van der Waals surface area (Å²) < 4.78 is 1.92. The van der Waals surface area contributed by atoms with E-state index in [2.05, 4.69) is 96.4 Å². The quantitative estimate of drug-likeness (QED) is 0.187. The summed E-state index contributed by atoms with van der Waals surface area (Å²) in [5, 5.41) is 8.10. The Hall–Kier alpha value is -2.40. The molecule has 0 fully saturated rings. The number of thiazole rings is 1. The van der Waals surface area contributed by atoms with Crippen LogP contribution in [0.25, 0.3) is 23.9 Å². The minimum absolute atomic E-state index is 0.0761. The highest BCUT2D eigenvalue weighted by Gasteiger charge is 2.24. The van der Waals surface area contributed by atoms with Crippen LogP contribution in [0, 0.1) is 11.8 Å². The molecule has 4 nitrogen and oxygen atoms in total. The van der Waals surface area contributed by atoms with Crippen molar-refractivity contribution >= 4 is 29.1 Å². The van der Waals surface area contributed by atoms with Crippen molar-refractivity contribution in [3.8, 4) is 11.3 Å². The third kappa shape index (κ3) is 8.31. The van der Waals surface area contributed by atoms with Crippen molar-refractivity contribution in [1.82, 2.24) is 14.8 Å². The molecular weight excluding hydrogens is 508 g/mol. The number of aromatic nitrogens is 3. The molecule has 40 heavy (non-hydrogen) atoms. The van der Waals surface area contributed by atoms with Crippen LogP contribution in [-0.4, -0.2) is 27.9 Å². The number of anilines is 1. The molecule has 0 amide bonds. The van der Waals surface area contributed by atoms with E-state index < -0.39 is 0 Å². The topological polar surface area (TPSA) is 34.0 Å².